The molecule has 1 atom stereocenters. The molecule has 0 N–H and O–H groups in total. The van der Waals surface area contributed by atoms with Crippen molar-refractivity contribution in [3.05, 3.63) is 71.3 Å². The molecule has 1 aliphatic rings. The fraction of sp³-hybridized carbons (Fsp3) is 0.286. The minimum Gasteiger partial charge on any atom is -0.296 e. The van der Waals surface area contributed by atoms with Gasteiger partial charge in [0.2, 0.25) is 0 Å². The van der Waals surface area contributed by atoms with E-state index < -0.39 is 0 Å². The van der Waals surface area contributed by atoms with Gasteiger partial charge in [0.1, 0.15) is 0 Å². The van der Waals surface area contributed by atoms with E-state index in [1.807, 2.05) is 28.5 Å². The molecule has 0 amide bonds. The lowest BCUT2D eigenvalue weighted by Gasteiger charge is -2.28. The molecule has 4 aromatic rings. The first kappa shape index (κ1) is 16.6. The summed E-state index contributed by atoms with van der Waals surface area (Å²) in [6, 6.07) is 11.1. The van der Waals surface area contributed by atoms with Crippen molar-refractivity contribution in [2.24, 2.45) is 0 Å². The van der Waals surface area contributed by atoms with E-state index in [4.69, 9.17) is 5.10 Å². The second kappa shape index (κ2) is 6.87. The molecule has 5 rings (SSSR count). The Labute approximate surface area is 162 Å². The number of rotatable bonds is 3. The summed E-state index contributed by atoms with van der Waals surface area (Å²) in [6.07, 6.45) is 7.82. The van der Waals surface area contributed by atoms with Crippen LogP contribution < -0.4 is 0 Å². The molecule has 136 valence electrons. The summed E-state index contributed by atoms with van der Waals surface area (Å²) in [7, 11) is 0. The molecular weight excluding hydrogens is 354 g/mol. The molecule has 1 aliphatic heterocycles. The van der Waals surface area contributed by atoms with Gasteiger partial charge in [0, 0.05) is 37.9 Å². The van der Waals surface area contributed by atoms with Gasteiger partial charge in [0.05, 0.1) is 33.3 Å². The quantitative estimate of drug-likeness (QED) is 0.542. The molecule has 3 aromatic heterocycles. The molecule has 1 unspecified atom stereocenters. The Bertz CT molecular complexity index is 1040. The predicted octanol–water partition coefficient (Wildman–Crippen LogP) is 4.04. The predicted molar refractivity (Wildman–Crippen MR) is 108 cm³/mol. The summed E-state index contributed by atoms with van der Waals surface area (Å²) < 4.78 is 3.22. The number of aromatic nitrogens is 4. The van der Waals surface area contributed by atoms with Crippen LogP contribution in [-0.4, -0.2) is 37.7 Å². The number of hydrogen-bond acceptors (Lipinski definition) is 5. The fourth-order valence-corrected chi connectivity index (χ4v) is 4.50. The van der Waals surface area contributed by atoms with Gasteiger partial charge in [0.15, 0.2) is 0 Å². The molecule has 0 fully saturated rings. The van der Waals surface area contributed by atoms with Crippen molar-refractivity contribution < 1.29 is 0 Å². The van der Waals surface area contributed by atoms with Gasteiger partial charge in [-0.2, -0.15) is 5.10 Å². The zero-order valence-corrected chi connectivity index (χ0v) is 16.1. The summed E-state index contributed by atoms with van der Waals surface area (Å²) in [6.45, 7) is 4.36. The standard InChI is InChI=1S/C21H21N5S/c1-15(16-4-5-21-20(11-16)23-14-27-21)25-9-6-17-13-26(24-19(17)7-10-25)18-3-2-8-22-12-18/h2-5,8,11-15H,6-7,9-10H2,1H3. The minimum absolute atomic E-state index is 0.380. The van der Waals surface area contributed by atoms with Crippen molar-refractivity contribution in [1.82, 2.24) is 24.6 Å². The van der Waals surface area contributed by atoms with Crippen LogP contribution >= 0.6 is 11.3 Å². The highest BCUT2D eigenvalue weighted by Crippen LogP contribution is 2.28. The van der Waals surface area contributed by atoms with Crippen molar-refractivity contribution in [3.8, 4) is 5.69 Å². The average Bonchev–Trinajstić information content (AvgIpc) is 3.30. The molecule has 6 heteroatoms. The molecular formula is C21H21N5S. The zero-order valence-electron chi connectivity index (χ0n) is 15.2. The van der Waals surface area contributed by atoms with Crippen LogP contribution in [0.2, 0.25) is 0 Å². The lowest BCUT2D eigenvalue weighted by molar-refractivity contribution is 0.220. The van der Waals surface area contributed by atoms with Gasteiger partial charge in [-0.3, -0.25) is 9.88 Å². The highest BCUT2D eigenvalue weighted by Gasteiger charge is 2.22. The van der Waals surface area contributed by atoms with Crippen molar-refractivity contribution in [3.63, 3.8) is 0 Å². The maximum absolute atomic E-state index is 4.82. The van der Waals surface area contributed by atoms with Crippen molar-refractivity contribution in [2.75, 3.05) is 13.1 Å². The minimum atomic E-state index is 0.380. The molecule has 4 heterocycles. The van der Waals surface area contributed by atoms with Crippen LogP contribution in [0.4, 0.5) is 0 Å². The van der Waals surface area contributed by atoms with E-state index in [2.05, 4.69) is 46.2 Å². The van der Waals surface area contributed by atoms with Crippen LogP contribution in [0.1, 0.15) is 29.8 Å². The molecule has 5 nitrogen and oxygen atoms in total. The van der Waals surface area contributed by atoms with Gasteiger partial charge < -0.3 is 0 Å². The number of pyridine rings is 1. The Morgan fingerprint density at radius 3 is 2.96 bits per heavy atom. The molecule has 0 bridgehead atoms. The van der Waals surface area contributed by atoms with Gasteiger partial charge >= 0.3 is 0 Å². The van der Waals surface area contributed by atoms with Crippen molar-refractivity contribution in [2.45, 2.75) is 25.8 Å². The topological polar surface area (TPSA) is 46.8 Å². The van der Waals surface area contributed by atoms with E-state index in [1.54, 1.807) is 17.5 Å². The van der Waals surface area contributed by atoms with E-state index in [0.29, 0.717) is 6.04 Å². The van der Waals surface area contributed by atoms with Crippen LogP contribution in [0.3, 0.4) is 0 Å². The van der Waals surface area contributed by atoms with Gasteiger partial charge in [-0.25, -0.2) is 9.67 Å². The Hall–Kier alpha value is -2.57. The Morgan fingerprint density at radius 1 is 1.15 bits per heavy atom. The number of hydrogen-bond donors (Lipinski definition) is 0. The Balaban J connectivity index is 1.34. The van der Waals surface area contributed by atoms with Crippen molar-refractivity contribution >= 4 is 21.6 Å². The normalized spacial score (nSPS) is 16.2. The summed E-state index contributed by atoms with van der Waals surface area (Å²) in [4.78, 5) is 11.2. The summed E-state index contributed by atoms with van der Waals surface area (Å²) in [5.74, 6) is 0. The molecule has 0 spiro atoms. The molecule has 0 saturated carbocycles. The maximum Gasteiger partial charge on any atom is 0.0828 e. The third-order valence-corrected chi connectivity index (χ3v) is 6.29. The van der Waals surface area contributed by atoms with Crippen LogP contribution in [0.5, 0.6) is 0 Å². The molecule has 1 aromatic carbocycles. The summed E-state index contributed by atoms with van der Waals surface area (Å²) >= 11 is 1.70. The van der Waals surface area contributed by atoms with E-state index in [0.717, 1.165) is 37.1 Å². The van der Waals surface area contributed by atoms with Gasteiger partial charge in [-0.1, -0.05) is 6.07 Å². The molecule has 0 saturated heterocycles. The largest absolute Gasteiger partial charge is 0.296 e. The van der Waals surface area contributed by atoms with E-state index >= 15 is 0 Å². The third-order valence-electron chi connectivity index (χ3n) is 5.48. The number of nitrogens with zero attached hydrogens (tertiary/aromatic N) is 5. The number of fused-ring (bicyclic) bond motifs is 2. The molecule has 0 aliphatic carbocycles. The fourth-order valence-electron chi connectivity index (χ4n) is 3.84. The van der Waals surface area contributed by atoms with Crippen LogP contribution in [0.15, 0.2) is 54.4 Å². The maximum atomic E-state index is 4.82. The van der Waals surface area contributed by atoms with Gasteiger partial charge in [-0.15, -0.1) is 11.3 Å². The number of thiazole rings is 1. The van der Waals surface area contributed by atoms with E-state index in [-0.39, 0.29) is 0 Å². The zero-order chi connectivity index (χ0) is 18.2. The van der Waals surface area contributed by atoms with Crippen molar-refractivity contribution in [1.29, 1.82) is 0 Å². The average molecular weight is 376 g/mol. The first-order valence-corrected chi connectivity index (χ1v) is 10.2. The highest BCUT2D eigenvalue weighted by molar-refractivity contribution is 7.16. The van der Waals surface area contributed by atoms with E-state index in [9.17, 15) is 0 Å². The van der Waals surface area contributed by atoms with E-state index in [1.165, 1.54) is 21.5 Å². The smallest absolute Gasteiger partial charge is 0.0828 e. The lowest BCUT2D eigenvalue weighted by atomic mass is 10.1. The Kier molecular flexibility index (Phi) is 4.22. The van der Waals surface area contributed by atoms with Crippen LogP contribution in [0.25, 0.3) is 15.9 Å². The second-order valence-electron chi connectivity index (χ2n) is 7.05. The second-order valence-corrected chi connectivity index (χ2v) is 7.93. The third kappa shape index (κ3) is 3.15. The molecule has 0 radical (unpaired) electrons. The van der Waals surface area contributed by atoms with Crippen LogP contribution in [-0.2, 0) is 12.8 Å². The van der Waals surface area contributed by atoms with Gasteiger partial charge in [0.25, 0.3) is 0 Å². The summed E-state index contributed by atoms with van der Waals surface area (Å²) in [5, 5.41) is 4.82. The molecule has 27 heavy (non-hydrogen) atoms. The Morgan fingerprint density at radius 2 is 2.07 bits per heavy atom. The monoisotopic (exact) mass is 375 g/mol. The van der Waals surface area contributed by atoms with Crippen LogP contribution in [0, 0.1) is 0 Å². The first-order chi connectivity index (χ1) is 13.3. The van der Waals surface area contributed by atoms with Gasteiger partial charge in [-0.05, 0) is 48.7 Å². The highest BCUT2D eigenvalue weighted by atomic mass is 32.1. The first-order valence-electron chi connectivity index (χ1n) is 9.33. The lowest BCUT2D eigenvalue weighted by Crippen LogP contribution is -2.29. The number of benzene rings is 1. The summed E-state index contributed by atoms with van der Waals surface area (Å²) in [5.41, 5.74) is 7.95. The SMILES string of the molecule is CC(c1ccc2scnc2c1)N1CCc2cn(-c3cccnc3)nc2CC1.